The SMILES string of the molecule is CC(C)(C#N)CCCNCC1C(C)(C)C1(C)C. The maximum atomic E-state index is 8.92. The highest BCUT2D eigenvalue weighted by Gasteiger charge is 2.63. The predicted molar refractivity (Wildman–Crippen MR) is 72.5 cm³/mol. The molecule has 1 saturated carbocycles. The second-order valence-electron chi connectivity index (χ2n) is 7.30. The maximum absolute atomic E-state index is 8.92. The highest BCUT2D eigenvalue weighted by molar-refractivity contribution is 5.12. The molecule has 1 fully saturated rings. The maximum Gasteiger partial charge on any atom is 0.0683 e. The minimum Gasteiger partial charge on any atom is -0.316 e. The first-order chi connectivity index (χ1) is 7.65. The summed E-state index contributed by atoms with van der Waals surface area (Å²) in [5.74, 6) is 0.791. The fraction of sp³-hybridized carbons (Fsp3) is 0.933. The Hall–Kier alpha value is -0.550. The zero-order valence-electron chi connectivity index (χ0n) is 12.4. The lowest BCUT2D eigenvalue weighted by atomic mass is 9.90. The summed E-state index contributed by atoms with van der Waals surface area (Å²) in [6.07, 6.45) is 2.07. The van der Waals surface area contributed by atoms with E-state index in [0.717, 1.165) is 31.8 Å². The molecule has 0 radical (unpaired) electrons. The number of rotatable bonds is 6. The Morgan fingerprint density at radius 1 is 1.18 bits per heavy atom. The molecule has 0 amide bonds. The van der Waals surface area contributed by atoms with Crippen molar-refractivity contribution in [2.75, 3.05) is 13.1 Å². The lowest BCUT2D eigenvalue weighted by Crippen LogP contribution is -2.22. The minimum absolute atomic E-state index is 0.167. The van der Waals surface area contributed by atoms with Gasteiger partial charge < -0.3 is 5.32 Å². The van der Waals surface area contributed by atoms with Gasteiger partial charge in [0.2, 0.25) is 0 Å². The van der Waals surface area contributed by atoms with E-state index in [4.69, 9.17) is 5.26 Å². The molecule has 2 nitrogen and oxygen atoms in total. The van der Waals surface area contributed by atoms with E-state index in [1.807, 2.05) is 13.8 Å². The first kappa shape index (κ1) is 14.5. The highest BCUT2D eigenvalue weighted by Crippen LogP contribution is 2.67. The van der Waals surface area contributed by atoms with Crippen LogP contribution in [-0.2, 0) is 0 Å². The van der Waals surface area contributed by atoms with E-state index in [2.05, 4.69) is 39.1 Å². The number of nitriles is 1. The summed E-state index contributed by atoms with van der Waals surface area (Å²) >= 11 is 0. The largest absolute Gasteiger partial charge is 0.316 e. The third kappa shape index (κ3) is 3.01. The smallest absolute Gasteiger partial charge is 0.0683 e. The second kappa shape index (κ2) is 4.61. The number of nitrogens with zero attached hydrogens (tertiary/aromatic N) is 1. The molecule has 0 spiro atoms. The topological polar surface area (TPSA) is 35.8 Å². The van der Waals surface area contributed by atoms with E-state index in [-0.39, 0.29) is 5.41 Å². The molecule has 1 N–H and O–H groups in total. The molecule has 1 rings (SSSR count). The van der Waals surface area contributed by atoms with E-state index in [0.29, 0.717) is 10.8 Å². The predicted octanol–water partition coefficient (Wildman–Crippen LogP) is 3.59. The van der Waals surface area contributed by atoms with Crippen LogP contribution >= 0.6 is 0 Å². The van der Waals surface area contributed by atoms with Gasteiger partial charge in [0.1, 0.15) is 0 Å². The molecule has 0 bridgehead atoms. The van der Waals surface area contributed by atoms with Crippen LogP contribution in [0.3, 0.4) is 0 Å². The molecule has 0 saturated heterocycles. The summed E-state index contributed by atoms with van der Waals surface area (Å²) in [7, 11) is 0. The van der Waals surface area contributed by atoms with Gasteiger partial charge in [-0.05, 0) is 56.5 Å². The average Bonchev–Trinajstić information content (AvgIpc) is 2.59. The molecule has 17 heavy (non-hydrogen) atoms. The van der Waals surface area contributed by atoms with Crippen molar-refractivity contribution < 1.29 is 0 Å². The van der Waals surface area contributed by atoms with Crippen molar-refractivity contribution >= 4 is 0 Å². The molecule has 0 heterocycles. The molecular formula is C15H28N2. The number of hydrogen-bond acceptors (Lipinski definition) is 2. The summed E-state index contributed by atoms with van der Waals surface area (Å²) in [5, 5.41) is 12.5. The fourth-order valence-electron chi connectivity index (χ4n) is 2.80. The molecule has 0 aromatic heterocycles. The fourth-order valence-corrected chi connectivity index (χ4v) is 2.80. The molecule has 0 aromatic carbocycles. The van der Waals surface area contributed by atoms with Gasteiger partial charge in [0.15, 0.2) is 0 Å². The Morgan fingerprint density at radius 2 is 1.71 bits per heavy atom. The molecule has 1 aliphatic rings. The second-order valence-corrected chi connectivity index (χ2v) is 7.30. The molecule has 0 unspecified atom stereocenters. The van der Waals surface area contributed by atoms with Crippen molar-refractivity contribution in [3.8, 4) is 6.07 Å². The Bertz CT molecular complexity index is 293. The van der Waals surface area contributed by atoms with Crippen LogP contribution in [0.25, 0.3) is 0 Å². The van der Waals surface area contributed by atoms with Gasteiger partial charge in [-0.3, -0.25) is 0 Å². The van der Waals surface area contributed by atoms with Gasteiger partial charge in [-0.25, -0.2) is 0 Å². The van der Waals surface area contributed by atoms with Gasteiger partial charge >= 0.3 is 0 Å². The molecule has 98 valence electrons. The Labute approximate surface area is 107 Å². The van der Waals surface area contributed by atoms with Crippen LogP contribution in [-0.4, -0.2) is 13.1 Å². The summed E-state index contributed by atoms with van der Waals surface area (Å²) in [6.45, 7) is 15.6. The van der Waals surface area contributed by atoms with Crippen LogP contribution < -0.4 is 5.32 Å². The third-order valence-corrected chi connectivity index (χ3v) is 5.13. The van der Waals surface area contributed by atoms with Crippen molar-refractivity contribution in [1.29, 1.82) is 5.26 Å². The van der Waals surface area contributed by atoms with E-state index < -0.39 is 0 Å². The summed E-state index contributed by atoms with van der Waals surface area (Å²) in [5.41, 5.74) is 0.789. The molecule has 1 aliphatic carbocycles. The summed E-state index contributed by atoms with van der Waals surface area (Å²) in [6, 6.07) is 2.35. The van der Waals surface area contributed by atoms with Crippen LogP contribution in [0, 0.1) is 33.5 Å². The van der Waals surface area contributed by atoms with Gasteiger partial charge in [-0.15, -0.1) is 0 Å². The van der Waals surface area contributed by atoms with Crippen LogP contribution in [0.15, 0.2) is 0 Å². The monoisotopic (exact) mass is 236 g/mol. The van der Waals surface area contributed by atoms with Gasteiger partial charge in [-0.1, -0.05) is 27.7 Å². The standard InChI is InChI=1S/C15H28N2/c1-13(2,11-16)8-7-9-17-10-12-14(3,4)15(12,5)6/h12,17H,7-10H2,1-6H3. The molecule has 0 atom stereocenters. The van der Waals surface area contributed by atoms with E-state index in [1.165, 1.54) is 0 Å². The van der Waals surface area contributed by atoms with E-state index >= 15 is 0 Å². The molecule has 0 aliphatic heterocycles. The highest BCUT2D eigenvalue weighted by atomic mass is 14.9. The van der Waals surface area contributed by atoms with Crippen molar-refractivity contribution in [3.05, 3.63) is 0 Å². The van der Waals surface area contributed by atoms with E-state index in [9.17, 15) is 0 Å². The Morgan fingerprint density at radius 3 is 2.12 bits per heavy atom. The number of hydrogen-bond donors (Lipinski definition) is 1. The lowest BCUT2D eigenvalue weighted by molar-refractivity contribution is 0.420. The van der Waals surface area contributed by atoms with Crippen molar-refractivity contribution in [2.24, 2.45) is 22.2 Å². The van der Waals surface area contributed by atoms with Gasteiger partial charge in [-0.2, -0.15) is 5.26 Å². The van der Waals surface area contributed by atoms with Gasteiger partial charge in [0.05, 0.1) is 11.5 Å². The van der Waals surface area contributed by atoms with Crippen LogP contribution in [0.5, 0.6) is 0 Å². The van der Waals surface area contributed by atoms with Crippen LogP contribution in [0.4, 0.5) is 0 Å². The van der Waals surface area contributed by atoms with E-state index in [1.54, 1.807) is 0 Å². The first-order valence-corrected chi connectivity index (χ1v) is 6.77. The molecule has 2 heteroatoms. The minimum atomic E-state index is -0.167. The van der Waals surface area contributed by atoms with Gasteiger partial charge in [0, 0.05) is 0 Å². The zero-order chi connectivity index (χ0) is 13.3. The third-order valence-electron chi connectivity index (χ3n) is 5.13. The Balaban J connectivity index is 2.14. The normalized spacial score (nSPS) is 22.2. The average molecular weight is 236 g/mol. The molecule has 0 aromatic rings. The Kier molecular flexibility index (Phi) is 3.94. The lowest BCUT2D eigenvalue weighted by Gasteiger charge is -2.14. The van der Waals surface area contributed by atoms with Crippen LogP contribution in [0.2, 0.25) is 0 Å². The van der Waals surface area contributed by atoms with Crippen molar-refractivity contribution in [1.82, 2.24) is 5.32 Å². The summed E-state index contributed by atoms with van der Waals surface area (Å²) < 4.78 is 0. The molecular weight excluding hydrogens is 208 g/mol. The number of nitrogens with one attached hydrogen (secondary N) is 1. The van der Waals surface area contributed by atoms with Gasteiger partial charge in [0.25, 0.3) is 0 Å². The quantitative estimate of drug-likeness (QED) is 0.715. The summed E-state index contributed by atoms with van der Waals surface area (Å²) in [4.78, 5) is 0. The van der Waals surface area contributed by atoms with Crippen molar-refractivity contribution in [3.63, 3.8) is 0 Å². The zero-order valence-corrected chi connectivity index (χ0v) is 12.4. The van der Waals surface area contributed by atoms with Crippen molar-refractivity contribution in [2.45, 2.75) is 54.4 Å². The van der Waals surface area contributed by atoms with Crippen LogP contribution in [0.1, 0.15) is 54.4 Å². The first-order valence-electron chi connectivity index (χ1n) is 6.77.